The summed E-state index contributed by atoms with van der Waals surface area (Å²) in [6.45, 7) is 1.87. The van der Waals surface area contributed by atoms with Crippen molar-refractivity contribution in [2.24, 2.45) is 4.99 Å². The molecule has 0 bridgehead atoms. The summed E-state index contributed by atoms with van der Waals surface area (Å²) in [7, 11) is -1.43. The second kappa shape index (κ2) is 6.16. The Balaban J connectivity index is 1.93. The normalized spacial score (nSPS) is 27.2. The van der Waals surface area contributed by atoms with Crippen molar-refractivity contribution in [3.63, 3.8) is 0 Å². The highest BCUT2D eigenvalue weighted by Crippen LogP contribution is 2.39. The van der Waals surface area contributed by atoms with Gasteiger partial charge in [-0.1, -0.05) is 30.0 Å². The Hall–Kier alpha value is -1.54. The van der Waals surface area contributed by atoms with E-state index in [4.69, 9.17) is 4.74 Å². The van der Waals surface area contributed by atoms with Crippen molar-refractivity contribution in [1.29, 1.82) is 0 Å². The molecule has 0 radical (unpaired) electrons. The predicted octanol–water partition coefficient (Wildman–Crippen LogP) is 1.31. The zero-order valence-electron chi connectivity index (χ0n) is 12.9. The van der Waals surface area contributed by atoms with Gasteiger partial charge in [0.15, 0.2) is 15.0 Å². The molecule has 8 heteroatoms. The van der Waals surface area contributed by atoms with Gasteiger partial charge >= 0.3 is 0 Å². The molecule has 0 aliphatic carbocycles. The number of ether oxygens (including phenoxy) is 1. The van der Waals surface area contributed by atoms with Crippen LogP contribution in [0.2, 0.25) is 0 Å². The predicted molar refractivity (Wildman–Crippen MR) is 90.5 cm³/mol. The third kappa shape index (κ3) is 3.37. The van der Waals surface area contributed by atoms with E-state index >= 15 is 0 Å². The number of benzene rings is 1. The summed E-state index contributed by atoms with van der Waals surface area (Å²) in [5, 5.41) is 0.543. The number of amides is 1. The number of carbonyl (C=O) groups is 1. The Kier molecular flexibility index (Phi) is 4.37. The topological polar surface area (TPSA) is 76.0 Å². The molecule has 0 N–H and O–H groups in total. The van der Waals surface area contributed by atoms with Gasteiger partial charge in [-0.2, -0.15) is 4.99 Å². The number of amidine groups is 1. The van der Waals surface area contributed by atoms with Gasteiger partial charge in [0, 0.05) is 24.3 Å². The molecule has 1 amide bonds. The lowest BCUT2D eigenvalue weighted by atomic mass is 10.1. The van der Waals surface area contributed by atoms with Crippen molar-refractivity contribution in [3.8, 4) is 5.75 Å². The van der Waals surface area contributed by atoms with Crippen LogP contribution in [0.5, 0.6) is 5.75 Å². The molecule has 0 unspecified atom stereocenters. The summed E-state index contributed by atoms with van der Waals surface area (Å²) in [6, 6.07) is 7.45. The van der Waals surface area contributed by atoms with E-state index < -0.39 is 9.84 Å². The summed E-state index contributed by atoms with van der Waals surface area (Å²) >= 11 is 1.39. The lowest BCUT2D eigenvalue weighted by Gasteiger charge is -2.25. The molecule has 0 spiro atoms. The largest absolute Gasteiger partial charge is 0.496 e. The smallest absolute Gasteiger partial charge is 0.244 e. The van der Waals surface area contributed by atoms with Gasteiger partial charge in [-0.25, -0.2) is 8.42 Å². The molecule has 3 rings (SSSR count). The average Bonchev–Trinajstić information content (AvgIpc) is 2.92. The maximum Gasteiger partial charge on any atom is 0.244 e. The zero-order valence-corrected chi connectivity index (χ0v) is 14.6. The molecular formula is C15H18N2O4S2. The first-order valence-corrected chi connectivity index (χ1v) is 9.94. The first kappa shape index (κ1) is 16.3. The monoisotopic (exact) mass is 354 g/mol. The van der Waals surface area contributed by atoms with E-state index in [-0.39, 0.29) is 28.7 Å². The fourth-order valence-corrected chi connectivity index (χ4v) is 6.97. The van der Waals surface area contributed by atoms with Crippen molar-refractivity contribution in [3.05, 3.63) is 29.8 Å². The maximum absolute atomic E-state index is 11.9. The van der Waals surface area contributed by atoms with E-state index in [1.165, 1.54) is 18.7 Å². The van der Waals surface area contributed by atoms with Gasteiger partial charge in [-0.15, -0.1) is 0 Å². The molecule has 23 heavy (non-hydrogen) atoms. The van der Waals surface area contributed by atoms with Crippen molar-refractivity contribution < 1.29 is 17.9 Å². The molecule has 1 aromatic rings. The van der Waals surface area contributed by atoms with Crippen LogP contribution in [0.4, 0.5) is 0 Å². The molecule has 2 saturated heterocycles. The van der Waals surface area contributed by atoms with Gasteiger partial charge in [0.05, 0.1) is 24.7 Å². The maximum atomic E-state index is 11.9. The SMILES string of the molecule is COc1ccccc1CN1C(=NC(C)=O)S[C@H]2CS(=O)(=O)C[C@@H]21. The highest BCUT2D eigenvalue weighted by Gasteiger charge is 2.48. The number of para-hydroxylation sites is 1. The summed E-state index contributed by atoms with van der Waals surface area (Å²) in [4.78, 5) is 17.4. The molecule has 2 aliphatic rings. The van der Waals surface area contributed by atoms with Gasteiger partial charge in [0.1, 0.15) is 5.75 Å². The van der Waals surface area contributed by atoms with Gasteiger partial charge in [-0.05, 0) is 6.07 Å². The van der Waals surface area contributed by atoms with E-state index in [9.17, 15) is 13.2 Å². The van der Waals surface area contributed by atoms with Crippen LogP contribution >= 0.6 is 11.8 Å². The number of hydrogen-bond donors (Lipinski definition) is 0. The summed E-state index contributed by atoms with van der Waals surface area (Å²) < 4.78 is 29.2. The molecule has 0 aromatic heterocycles. The molecule has 2 fully saturated rings. The van der Waals surface area contributed by atoms with E-state index in [2.05, 4.69) is 4.99 Å². The van der Waals surface area contributed by atoms with Gasteiger partial charge < -0.3 is 9.64 Å². The molecule has 124 valence electrons. The first-order chi connectivity index (χ1) is 10.9. The Bertz CT molecular complexity index is 760. The van der Waals surface area contributed by atoms with Crippen LogP contribution in [0.1, 0.15) is 12.5 Å². The van der Waals surface area contributed by atoms with Crippen molar-refractivity contribution in [2.45, 2.75) is 24.8 Å². The number of sulfone groups is 1. The zero-order chi connectivity index (χ0) is 16.6. The lowest BCUT2D eigenvalue weighted by Crippen LogP contribution is -2.37. The minimum atomic E-state index is -3.03. The van der Waals surface area contributed by atoms with E-state index in [1.807, 2.05) is 29.2 Å². The number of nitrogens with zero attached hydrogens (tertiary/aromatic N) is 2. The molecule has 0 saturated carbocycles. The fraction of sp³-hybridized carbons (Fsp3) is 0.467. The van der Waals surface area contributed by atoms with E-state index in [0.29, 0.717) is 11.7 Å². The molecular weight excluding hydrogens is 336 g/mol. The number of thioether (sulfide) groups is 1. The molecule has 1 aromatic carbocycles. The second-order valence-corrected chi connectivity index (χ2v) is 9.01. The average molecular weight is 354 g/mol. The van der Waals surface area contributed by atoms with Gasteiger partial charge in [-0.3, -0.25) is 4.79 Å². The minimum Gasteiger partial charge on any atom is -0.496 e. The van der Waals surface area contributed by atoms with Crippen LogP contribution in [0, 0.1) is 0 Å². The molecule has 2 atom stereocenters. The molecule has 2 aliphatic heterocycles. The highest BCUT2D eigenvalue weighted by atomic mass is 32.2. The summed E-state index contributed by atoms with van der Waals surface area (Å²) in [5.74, 6) is 0.711. The second-order valence-electron chi connectivity index (χ2n) is 5.65. The van der Waals surface area contributed by atoms with Crippen LogP contribution in [0.25, 0.3) is 0 Å². The Morgan fingerprint density at radius 3 is 2.83 bits per heavy atom. The third-order valence-electron chi connectivity index (χ3n) is 3.96. The first-order valence-electron chi connectivity index (χ1n) is 7.24. The number of carbonyl (C=O) groups excluding carboxylic acids is 1. The van der Waals surface area contributed by atoms with Crippen LogP contribution in [0.15, 0.2) is 29.3 Å². The number of aliphatic imine (C=N–C) groups is 1. The Labute approximate surface area is 139 Å². The Morgan fingerprint density at radius 1 is 1.39 bits per heavy atom. The molecule has 2 heterocycles. The summed E-state index contributed by atoms with van der Waals surface area (Å²) in [5.41, 5.74) is 0.941. The van der Waals surface area contributed by atoms with Crippen LogP contribution in [0.3, 0.4) is 0 Å². The van der Waals surface area contributed by atoms with Crippen LogP contribution in [-0.4, -0.2) is 54.3 Å². The number of hydrogen-bond acceptors (Lipinski definition) is 5. The lowest BCUT2D eigenvalue weighted by molar-refractivity contribution is -0.115. The van der Waals surface area contributed by atoms with Gasteiger partial charge in [0.2, 0.25) is 5.91 Å². The van der Waals surface area contributed by atoms with Crippen LogP contribution in [-0.2, 0) is 21.2 Å². The van der Waals surface area contributed by atoms with E-state index in [1.54, 1.807) is 7.11 Å². The van der Waals surface area contributed by atoms with Crippen molar-refractivity contribution >= 4 is 32.7 Å². The minimum absolute atomic E-state index is 0.0622. The number of rotatable bonds is 3. The quantitative estimate of drug-likeness (QED) is 0.815. The fourth-order valence-electron chi connectivity index (χ4n) is 2.97. The van der Waals surface area contributed by atoms with E-state index in [0.717, 1.165) is 11.3 Å². The number of methoxy groups -OCH3 is 1. The van der Waals surface area contributed by atoms with Crippen molar-refractivity contribution in [2.75, 3.05) is 18.6 Å². The van der Waals surface area contributed by atoms with Crippen molar-refractivity contribution in [1.82, 2.24) is 4.90 Å². The summed E-state index contributed by atoms with van der Waals surface area (Å²) in [6.07, 6.45) is 0. The third-order valence-corrected chi connectivity index (χ3v) is 7.21. The van der Waals surface area contributed by atoms with Gasteiger partial charge in [0.25, 0.3) is 0 Å². The molecule has 6 nitrogen and oxygen atoms in total. The standard InChI is InChI=1S/C15H18N2O4S2/c1-10(18)16-15-17(7-11-5-3-4-6-13(11)21-2)12-8-23(19,20)9-14(12)22-15/h3-6,12,14H,7-9H2,1-2H3/t12-,14-/m0/s1. The Morgan fingerprint density at radius 2 is 2.13 bits per heavy atom. The number of fused-ring (bicyclic) bond motifs is 1. The highest BCUT2D eigenvalue weighted by molar-refractivity contribution is 8.15. The van der Waals surface area contributed by atoms with Crippen LogP contribution < -0.4 is 4.74 Å².